The number of hydrogen-bond acceptors (Lipinski definition) is 4. The molecule has 0 radical (unpaired) electrons. The van der Waals surface area contributed by atoms with Crippen molar-refractivity contribution >= 4 is 16.2 Å². The normalized spacial score (nSPS) is 24.1. The number of piperidine rings is 2. The first kappa shape index (κ1) is 18.2. The fourth-order valence-electron chi connectivity index (χ4n) is 3.45. The number of carboxylic acids is 1. The molecule has 2 fully saturated rings. The van der Waals surface area contributed by atoms with Gasteiger partial charge in [-0.05, 0) is 44.2 Å². The predicted octanol–water partition coefficient (Wildman–Crippen LogP) is 1.71. The Bertz CT molecular complexity index is 686. The Balaban J connectivity index is 1.62. The van der Waals surface area contributed by atoms with Crippen LogP contribution in [0, 0.1) is 0 Å². The van der Waals surface area contributed by atoms with E-state index in [9.17, 15) is 18.3 Å². The van der Waals surface area contributed by atoms with Crippen LogP contribution in [0.25, 0.3) is 0 Å². The maximum absolute atomic E-state index is 12.9. The zero-order valence-electron chi connectivity index (χ0n) is 14.1. The van der Waals surface area contributed by atoms with Crippen LogP contribution in [0.2, 0.25) is 0 Å². The van der Waals surface area contributed by atoms with Crippen LogP contribution in [0.5, 0.6) is 5.75 Å². The van der Waals surface area contributed by atoms with Crippen molar-refractivity contribution in [2.45, 2.75) is 44.2 Å². The first-order valence-corrected chi connectivity index (χ1v) is 10.1. The van der Waals surface area contributed by atoms with Crippen molar-refractivity contribution in [3.05, 3.63) is 30.3 Å². The highest BCUT2D eigenvalue weighted by Crippen LogP contribution is 2.26. The zero-order valence-corrected chi connectivity index (χ0v) is 14.9. The summed E-state index contributed by atoms with van der Waals surface area (Å²) in [6, 6.07) is 8.54. The lowest BCUT2D eigenvalue weighted by Gasteiger charge is -2.38. The van der Waals surface area contributed by atoms with Gasteiger partial charge in [0.1, 0.15) is 17.9 Å². The third kappa shape index (κ3) is 4.13. The third-order valence-electron chi connectivity index (χ3n) is 4.81. The van der Waals surface area contributed by atoms with Crippen molar-refractivity contribution in [3.63, 3.8) is 0 Å². The monoisotopic (exact) mass is 368 g/mol. The van der Waals surface area contributed by atoms with Crippen LogP contribution in [-0.2, 0) is 15.0 Å². The van der Waals surface area contributed by atoms with E-state index in [0.717, 1.165) is 16.5 Å². The van der Waals surface area contributed by atoms with Crippen molar-refractivity contribution in [1.82, 2.24) is 8.61 Å². The van der Waals surface area contributed by atoms with E-state index in [2.05, 4.69) is 0 Å². The van der Waals surface area contributed by atoms with Crippen molar-refractivity contribution in [1.29, 1.82) is 0 Å². The van der Waals surface area contributed by atoms with Crippen LogP contribution in [0.3, 0.4) is 0 Å². The molecular formula is C17H24N2O5S. The average Bonchev–Trinajstić information content (AvgIpc) is 2.63. The Hall–Kier alpha value is -1.64. The molecule has 2 heterocycles. The molecule has 8 heteroatoms. The molecule has 1 aromatic carbocycles. The first-order valence-electron chi connectivity index (χ1n) is 8.70. The van der Waals surface area contributed by atoms with E-state index in [0.29, 0.717) is 38.8 Å². The molecule has 3 rings (SSSR count). The van der Waals surface area contributed by atoms with E-state index in [1.807, 2.05) is 30.3 Å². The molecule has 1 unspecified atom stereocenters. The highest BCUT2D eigenvalue weighted by molar-refractivity contribution is 7.86. The minimum atomic E-state index is -3.75. The molecule has 0 aromatic heterocycles. The molecule has 25 heavy (non-hydrogen) atoms. The summed E-state index contributed by atoms with van der Waals surface area (Å²) in [4.78, 5) is 11.4. The number of nitrogens with zero attached hydrogens (tertiary/aromatic N) is 2. The molecule has 0 amide bonds. The second-order valence-electron chi connectivity index (χ2n) is 6.50. The van der Waals surface area contributed by atoms with Gasteiger partial charge in [0.2, 0.25) is 0 Å². The van der Waals surface area contributed by atoms with Gasteiger partial charge >= 0.3 is 5.97 Å². The van der Waals surface area contributed by atoms with Crippen LogP contribution in [0.4, 0.5) is 0 Å². The first-order chi connectivity index (χ1) is 12.0. The number of para-hydroxylation sites is 1. The van der Waals surface area contributed by atoms with Gasteiger partial charge in [0.05, 0.1) is 0 Å². The minimum absolute atomic E-state index is 0.0227. The minimum Gasteiger partial charge on any atom is -0.490 e. The Labute approximate surface area is 148 Å². The molecule has 2 aliphatic rings. The van der Waals surface area contributed by atoms with Crippen LogP contribution in [0.1, 0.15) is 32.1 Å². The van der Waals surface area contributed by atoms with Crippen molar-refractivity contribution in [3.8, 4) is 5.75 Å². The summed E-state index contributed by atoms with van der Waals surface area (Å²) in [5.41, 5.74) is 0. The lowest BCUT2D eigenvalue weighted by molar-refractivity contribution is -0.142. The molecule has 0 saturated carbocycles. The Morgan fingerprint density at radius 2 is 1.72 bits per heavy atom. The van der Waals surface area contributed by atoms with Crippen LogP contribution >= 0.6 is 0 Å². The molecule has 0 bridgehead atoms. The summed E-state index contributed by atoms with van der Waals surface area (Å²) >= 11 is 0. The topological polar surface area (TPSA) is 87.2 Å². The maximum Gasteiger partial charge on any atom is 0.322 e. The van der Waals surface area contributed by atoms with Crippen molar-refractivity contribution in [2.24, 2.45) is 0 Å². The molecule has 1 atom stereocenters. The van der Waals surface area contributed by atoms with E-state index in [1.165, 1.54) is 4.31 Å². The van der Waals surface area contributed by atoms with Gasteiger partial charge in [-0.1, -0.05) is 18.2 Å². The zero-order chi connectivity index (χ0) is 17.9. The molecule has 2 aliphatic heterocycles. The lowest BCUT2D eigenvalue weighted by atomic mass is 10.1. The molecule has 0 aliphatic carbocycles. The maximum atomic E-state index is 12.9. The van der Waals surface area contributed by atoms with E-state index in [4.69, 9.17) is 4.74 Å². The molecule has 138 valence electrons. The summed E-state index contributed by atoms with van der Waals surface area (Å²) in [6.07, 6.45) is 3.00. The highest BCUT2D eigenvalue weighted by Gasteiger charge is 2.41. The smallest absolute Gasteiger partial charge is 0.322 e. The van der Waals surface area contributed by atoms with Gasteiger partial charge in [0, 0.05) is 19.6 Å². The number of hydrogen-bond donors (Lipinski definition) is 1. The van der Waals surface area contributed by atoms with Gasteiger partial charge in [0.15, 0.2) is 0 Å². The van der Waals surface area contributed by atoms with Crippen LogP contribution in [0.15, 0.2) is 30.3 Å². The second-order valence-corrected chi connectivity index (χ2v) is 8.38. The van der Waals surface area contributed by atoms with Gasteiger partial charge in [-0.2, -0.15) is 17.0 Å². The summed E-state index contributed by atoms with van der Waals surface area (Å²) in [5.74, 6) is -0.281. The second kappa shape index (κ2) is 7.72. The SMILES string of the molecule is O=C(O)C1CCCCN1S(=O)(=O)N1CCC(Oc2ccccc2)CC1. The van der Waals surface area contributed by atoms with Crippen molar-refractivity contribution in [2.75, 3.05) is 19.6 Å². The molecule has 1 aromatic rings. The Morgan fingerprint density at radius 1 is 1.04 bits per heavy atom. The molecule has 1 N–H and O–H groups in total. The van der Waals surface area contributed by atoms with Gasteiger partial charge in [0.25, 0.3) is 10.2 Å². The fourth-order valence-corrected chi connectivity index (χ4v) is 5.29. The molecule has 2 saturated heterocycles. The largest absolute Gasteiger partial charge is 0.490 e. The summed E-state index contributed by atoms with van der Waals surface area (Å²) < 4.78 is 34.2. The lowest BCUT2D eigenvalue weighted by Crippen LogP contribution is -2.55. The number of ether oxygens (including phenoxy) is 1. The summed E-state index contributed by atoms with van der Waals surface area (Å²) in [6.45, 7) is 0.977. The number of benzene rings is 1. The van der Waals surface area contributed by atoms with E-state index < -0.39 is 22.2 Å². The third-order valence-corrected chi connectivity index (χ3v) is 6.86. The van der Waals surface area contributed by atoms with Gasteiger partial charge < -0.3 is 9.84 Å². The van der Waals surface area contributed by atoms with Gasteiger partial charge in [-0.25, -0.2) is 0 Å². The highest BCUT2D eigenvalue weighted by atomic mass is 32.2. The van der Waals surface area contributed by atoms with Gasteiger partial charge in [-0.15, -0.1) is 0 Å². The number of rotatable bonds is 5. The van der Waals surface area contributed by atoms with E-state index in [-0.39, 0.29) is 12.6 Å². The summed E-state index contributed by atoms with van der Waals surface area (Å²) in [5, 5.41) is 9.33. The van der Waals surface area contributed by atoms with Crippen LogP contribution < -0.4 is 4.74 Å². The fraction of sp³-hybridized carbons (Fsp3) is 0.588. The van der Waals surface area contributed by atoms with Gasteiger partial charge in [-0.3, -0.25) is 4.79 Å². The molecule has 0 spiro atoms. The van der Waals surface area contributed by atoms with E-state index >= 15 is 0 Å². The molecule has 7 nitrogen and oxygen atoms in total. The summed E-state index contributed by atoms with van der Waals surface area (Å²) in [7, 11) is -3.75. The standard InChI is InChI=1S/C17H24N2O5S/c20-17(21)16-8-4-5-11-19(16)25(22,23)18-12-9-15(10-13-18)24-14-6-2-1-3-7-14/h1-3,6-7,15-16H,4-5,8-13H2,(H,20,21). The van der Waals surface area contributed by atoms with Crippen LogP contribution in [-0.4, -0.2) is 59.9 Å². The Morgan fingerprint density at radius 3 is 2.36 bits per heavy atom. The number of aliphatic carboxylic acids is 1. The number of carboxylic acid groups (broad SMARTS) is 1. The quantitative estimate of drug-likeness (QED) is 0.855. The number of carbonyl (C=O) groups is 1. The Kier molecular flexibility index (Phi) is 5.61. The van der Waals surface area contributed by atoms with E-state index in [1.54, 1.807) is 0 Å². The molecular weight excluding hydrogens is 344 g/mol. The predicted molar refractivity (Wildman–Crippen MR) is 92.6 cm³/mol. The average molecular weight is 368 g/mol. The van der Waals surface area contributed by atoms with Crippen molar-refractivity contribution < 1.29 is 23.1 Å².